The van der Waals surface area contributed by atoms with Crippen LogP contribution >= 0.6 is 35.0 Å². The van der Waals surface area contributed by atoms with Crippen LogP contribution in [0, 0.1) is 0 Å². The quantitative estimate of drug-likeness (QED) is 0.539. The first-order valence-electron chi connectivity index (χ1n) is 7.26. The van der Waals surface area contributed by atoms with Crippen LogP contribution in [0.15, 0.2) is 39.7 Å². The molecule has 0 aliphatic carbocycles. The molecule has 1 aliphatic rings. The van der Waals surface area contributed by atoms with Gasteiger partial charge in [-0.05, 0) is 47.7 Å². The number of rotatable bonds is 4. The SMILES string of the molecule is COC(=O)c1ccc(CN2C(=O)S/C(=C/c3ccc(Cl)cc3Cl)C2=O)o1. The van der Waals surface area contributed by atoms with Crippen molar-refractivity contribution in [3.63, 3.8) is 0 Å². The van der Waals surface area contributed by atoms with E-state index in [9.17, 15) is 14.4 Å². The van der Waals surface area contributed by atoms with E-state index in [1.807, 2.05) is 0 Å². The molecule has 0 radical (unpaired) electrons. The summed E-state index contributed by atoms with van der Waals surface area (Å²) in [6.45, 7) is -0.0899. The van der Waals surface area contributed by atoms with E-state index < -0.39 is 17.1 Å². The number of amides is 2. The molecule has 6 nitrogen and oxygen atoms in total. The summed E-state index contributed by atoms with van der Waals surface area (Å²) in [6, 6.07) is 7.78. The molecule has 0 spiro atoms. The minimum atomic E-state index is -0.636. The summed E-state index contributed by atoms with van der Waals surface area (Å²) in [4.78, 5) is 37.3. The molecule has 0 saturated carbocycles. The number of halogens is 2. The number of furan rings is 1. The average molecular weight is 412 g/mol. The number of hydrogen-bond donors (Lipinski definition) is 0. The molecule has 0 bridgehead atoms. The molecule has 1 aliphatic heterocycles. The molecule has 0 atom stereocenters. The lowest BCUT2D eigenvalue weighted by Crippen LogP contribution is -2.27. The Hall–Kier alpha value is -2.22. The van der Waals surface area contributed by atoms with Gasteiger partial charge >= 0.3 is 5.97 Å². The second-order valence-electron chi connectivity index (χ2n) is 5.19. The van der Waals surface area contributed by atoms with Crippen LogP contribution in [-0.2, 0) is 16.1 Å². The number of benzene rings is 1. The predicted octanol–water partition coefficient (Wildman–Crippen LogP) is 4.61. The zero-order valence-electron chi connectivity index (χ0n) is 13.3. The van der Waals surface area contributed by atoms with Gasteiger partial charge in [0.1, 0.15) is 5.76 Å². The largest absolute Gasteiger partial charge is 0.463 e. The van der Waals surface area contributed by atoms with E-state index in [2.05, 4.69) is 4.74 Å². The summed E-state index contributed by atoms with van der Waals surface area (Å²) >= 11 is 12.7. The monoisotopic (exact) mass is 411 g/mol. The van der Waals surface area contributed by atoms with Gasteiger partial charge in [0.05, 0.1) is 18.6 Å². The van der Waals surface area contributed by atoms with Crippen molar-refractivity contribution < 1.29 is 23.5 Å². The molecule has 2 heterocycles. The molecule has 0 unspecified atom stereocenters. The lowest BCUT2D eigenvalue weighted by molar-refractivity contribution is -0.123. The number of thioether (sulfide) groups is 1. The van der Waals surface area contributed by atoms with Gasteiger partial charge in [0, 0.05) is 10.0 Å². The van der Waals surface area contributed by atoms with Gasteiger partial charge in [0.2, 0.25) is 5.76 Å². The first-order chi connectivity index (χ1) is 12.4. The maximum atomic E-state index is 12.5. The van der Waals surface area contributed by atoms with Crippen LogP contribution in [-0.4, -0.2) is 29.1 Å². The summed E-state index contributed by atoms with van der Waals surface area (Å²) in [5.74, 6) is -0.818. The smallest absolute Gasteiger partial charge is 0.373 e. The number of carbonyl (C=O) groups excluding carboxylic acids is 3. The number of imide groups is 1. The number of ether oxygens (including phenoxy) is 1. The molecule has 1 aromatic heterocycles. The molecule has 134 valence electrons. The standard InChI is InChI=1S/C17H11Cl2NO5S/c1-24-16(22)13-5-4-11(25-13)8-20-15(21)14(26-17(20)23)6-9-2-3-10(18)7-12(9)19/h2-7H,8H2,1H3/b14-6+. The van der Waals surface area contributed by atoms with Gasteiger partial charge in [-0.3, -0.25) is 14.5 Å². The third kappa shape index (κ3) is 3.80. The van der Waals surface area contributed by atoms with Crippen molar-refractivity contribution >= 4 is 58.2 Å². The van der Waals surface area contributed by atoms with E-state index in [1.165, 1.54) is 25.3 Å². The normalized spacial score (nSPS) is 15.8. The highest BCUT2D eigenvalue weighted by atomic mass is 35.5. The molecular weight excluding hydrogens is 401 g/mol. The predicted molar refractivity (Wildman–Crippen MR) is 98.0 cm³/mol. The van der Waals surface area contributed by atoms with E-state index in [1.54, 1.807) is 18.2 Å². The van der Waals surface area contributed by atoms with E-state index in [4.69, 9.17) is 27.6 Å². The van der Waals surface area contributed by atoms with Crippen molar-refractivity contribution in [1.29, 1.82) is 0 Å². The zero-order valence-corrected chi connectivity index (χ0v) is 15.7. The van der Waals surface area contributed by atoms with Crippen molar-refractivity contribution in [2.24, 2.45) is 0 Å². The highest BCUT2D eigenvalue weighted by Gasteiger charge is 2.35. The average Bonchev–Trinajstić information content (AvgIpc) is 3.17. The maximum absolute atomic E-state index is 12.5. The second-order valence-corrected chi connectivity index (χ2v) is 7.03. The van der Waals surface area contributed by atoms with Crippen molar-refractivity contribution in [2.45, 2.75) is 6.54 Å². The fourth-order valence-electron chi connectivity index (χ4n) is 2.23. The van der Waals surface area contributed by atoms with Crippen LogP contribution in [0.5, 0.6) is 0 Å². The second kappa shape index (κ2) is 7.57. The lowest BCUT2D eigenvalue weighted by atomic mass is 10.2. The molecule has 2 amide bonds. The molecule has 1 saturated heterocycles. The number of hydrogen-bond acceptors (Lipinski definition) is 6. The third-order valence-electron chi connectivity index (χ3n) is 3.48. The molecule has 1 fully saturated rings. The van der Waals surface area contributed by atoms with Crippen LogP contribution in [0.3, 0.4) is 0 Å². The topological polar surface area (TPSA) is 76.8 Å². The van der Waals surface area contributed by atoms with Crippen LogP contribution in [0.2, 0.25) is 10.0 Å². The summed E-state index contributed by atoms with van der Waals surface area (Å²) in [6.07, 6.45) is 1.53. The van der Waals surface area contributed by atoms with Gasteiger partial charge in [-0.1, -0.05) is 29.3 Å². The Kier molecular flexibility index (Phi) is 5.41. The highest BCUT2D eigenvalue weighted by Crippen LogP contribution is 2.35. The molecule has 3 rings (SSSR count). The van der Waals surface area contributed by atoms with Crippen molar-refractivity contribution in [2.75, 3.05) is 7.11 Å². The van der Waals surface area contributed by atoms with Gasteiger partial charge in [-0.2, -0.15) is 0 Å². The van der Waals surface area contributed by atoms with Crippen molar-refractivity contribution in [3.05, 3.63) is 62.4 Å². The Morgan fingerprint density at radius 1 is 1.27 bits per heavy atom. The first-order valence-corrected chi connectivity index (χ1v) is 8.83. The Balaban J connectivity index is 1.79. The Morgan fingerprint density at radius 3 is 2.73 bits per heavy atom. The number of nitrogens with zero attached hydrogens (tertiary/aromatic N) is 1. The van der Waals surface area contributed by atoms with E-state index in [0.717, 1.165) is 16.7 Å². The Bertz CT molecular complexity index is 937. The van der Waals surface area contributed by atoms with Gasteiger partial charge < -0.3 is 9.15 Å². The number of methoxy groups -OCH3 is 1. The van der Waals surface area contributed by atoms with E-state index >= 15 is 0 Å². The first kappa shape index (κ1) is 18.6. The fraction of sp³-hybridized carbons (Fsp3) is 0.118. The molecule has 9 heteroatoms. The van der Waals surface area contributed by atoms with Crippen molar-refractivity contribution in [3.8, 4) is 0 Å². The third-order valence-corrected chi connectivity index (χ3v) is 4.95. The maximum Gasteiger partial charge on any atom is 0.373 e. The van der Waals surface area contributed by atoms with Crippen LogP contribution in [0.1, 0.15) is 21.9 Å². The van der Waals surface area contributed by atoms with Crippen molar-refractivity contribution in [1.82, 2.24) is 4.90 Å². The summed E-state index contributed by atoms with van der Waals surface area (Å²) < 4.78 is 9.85. The summed E-state index contributed by atoms with van der Waals surface area (Å²) in [7, 11) is 1.23. The fourth-order valence-corrected chi connectivity index (χ4v) is 3.52. The molecule has 26 heavy (non-hydrogen) atoms. The van der Waals surface area contributed by atoms with Gasteiger partial charge in [0.25, 0.3) is 11.1 Å². The Labute approximate surface area is 162 Å². The Morgan fingerprint density at radius 2 is 2.04 bits per heavy atom. The van der Waals surface area contributed by atoms with Gasteiger partial charge in [-0.15, -0.1) is 0 Å². The minimum Gasteiger partial charge on any atom is -0.463 e. The number of esters is 1. The molecule has 1 aromatic carbocycles. The van der Waals surface area contributed by atoms with Crippen LogP contribution in [0.25, 0.3) is 6.08 Å². The van der Waals surface area contributed by atoms with Gasteiger partial charge in [-0.25, -0.2) is 4.79 Å². The molecular formula is C17H11Cl2NO5S. The highest BCUT2D eigenvalue weighted by molar-refractivity contribution is 8.18. The molecule has 0 N–H and O–H groups in total. The molecule has 2 aromatic rings. The lowest BCUT2D eigenvalue weighted by Gasteiger charge is -2.10. The summed E-state index contributed by atoms with van der Waals surface area (Å²) in [5.41, 5.74) is 0.576. The van der Waals surface area contributed by atoms with E-state index in [-0.39, 0.29) is 17.2 Å². The zero-order chi connectivity index (χ0) is 18.8. The van der Waals surface area contributed by atoms with Gasteiger partial charge in [0.15, 0.2) is 0 Å². The van der Waals surface area contributed by atoms with Crippen LogP contribution in [0.4, 0.5) is 4.79 Å². The number of carbonyl (C=O) groups is 3. The minimum absolute atomic E-state index is 0.00189. The van der Waals surface area contributed by atoms with E-state index in [0.29, 0.717) is 21.4 Å². The summed E-state index contributed by atoms with van der Waals surface area (Å²) in [5, 5.41) is 0.403. The van der Waals surface area contributed by atoms with Crippen LogP contribution < -0.4 is 0 Å².